The molecule has 0 aromatic rings. The van der Waals surface area contributed by atoms with Gasteiger partial charge >= 0.3 is 0 Å². The first kappa shape index (κ1) is 9.62. The zero-order valence-electron chi connectivity index (χ0n) is 7.94. The summed E-state index contributed by atoms with van der Waals surface area (Å²) in [6.45, 7) is 4.84. The molecule has 0 spiro atoms. The van der Waals surface area contributed by atoms with E-state index in [0.29, 0.717) is 0 Å². The standard InChI is InChI=1S/C6H15N6PS/c14-13(7-10-1-2-10,8-11-3-4-11)9-12-5-6-12/h1-6H2,(H3,7,8,9,14). The Morgan fingerprint density at radius 2 is 1.00 bits per heavy atom. The molecule has 0 bridgehead atoms. The summed E-state index contributed by atoms with van der Waals surface area (Å²) in [5.41, 5.74) is 0. The molecule has 0 aliphatic carbocycles. The molecule has 0 atom stereocenters. The van der Waals surface area contributed by atoms with Crippen molar-refractivity contribution in [2.45, 2.75) is 0 Å². The fourth-order valence-corrected chi connectivity index (χ4v) is 4.08. The highest BCUT2D eigenvalue weighted by molar-refractivity contribution is 8.11. The van der Waals surface area contributed by atoms with E-state index >= 15 is 0 Å². The summed E-state index contributed by atoms with van der Waals surface area (Å²) < 4.78 is 0. The zero-order chi connectivity index (χ0) is 9.60. The van der Waals surface area contributed by atoms with Gasteiger partial charge < -0.3 is 0 Å². The highest BCUT2D eigenvalue weighted by atomic mass is 32.4. The largest absolute Gasteiger partial charge is 0.236 e. The molecule has 3 N–H and O–H groups in total. The second kappa shape index (κ2) is 3.47. The van der Waals surface area contributed by atoms with E-state index in [0.717, 1.165) is 39.3 Å². The number of nitrogens with zero attached hydrogens (tertiary/aromatic N) is 3. The molecule has 3 aliphatic heterocycles. The Morgan fingerprint density at radius 3 is 1.21 bits per heavy atom. The first-order valence-corrected chi connectivity index (χ1v) is 7.72. The molecule has 0 unspecified atom stereocenters. The van der Waals surface area contributed by atoms with E-state index in [9.17, 15) is 0 Å². The van der Waals surface area contributed by atoms with Crippen molar-refractivity contribution in [2.24, 2.45) is 0 Å². The Bertz CT molecular complexity index is 231. The molecule has 80 valence electrons. The van der Waals surface area contributed by atoms with Crippen LogP contribution < -0.4 is 15.6 Å². The minimum absolute atomic E-state index is 1.11. The lowest BCUT2D eigenvalue weighted by molar-refractivity contribution is 0.443. The Hall–Kier alpha value is 0.410. The van der Waals surface area contributed by atoms with Gasteiger partial charge in [-0.1, -0.05) is 0 Å². The molecular weight excluding hydrogens is 219 g/mol. The van der Waals surface area contributed by atoms with Crippen LogP contribution in [-0.2, 0) is 11.8 Å². The Balaban J connectivity index is 1.59. The van der Waals surface area contributed by atoms with Crippen LogP contribution in [0.4, 0.5) is 0 Å². The van der Waals surface area contributed by atoms with E-state index in [-0.39, 0.29) is 0 Å². The third kappa shape index (κ3) is 2.71. The first-order chi connectivity index (χ1) is 6.73. The molecule has 3 rings (SSSR count). The molecule has 0 aromatic carbocycles. The summed E-state index contributed by atoms with van der Waals surface area (Å²) in [5.74, 6) is 0. The van der Waals surface area contributed by atoms with E-state index in [1.807, 2.05) is 0 Å². The van der Waals surface area contributed by atoms with Gasteiger partial charge in [0.25, 0.3) is 0 Å². The fourth-order valence-electron chi connectivity index (χ4n) is 1.11. The number of hydrazine groups is 3. The molecule has 0 saturated carbocycles. The average molecular weight is 234 g/mol. The highest BCUT2D eigenvalue weighted by Crippen LogP contribution is 2.36. The summed E-state index contributed by atoms with van der Waals surface area (Å²) in [6, 6.07) is 0. The fraction of sp³-hybridized carbons (Fsp3) is 1.00. The second-order valence-corrected chi connectivity index (χ2v) is 7.33. The van der Waals surface area contributed by atoms with Crippen molar-refractivity contribution in [1.29, 1.82) is 0 Å². The smallest absolute Gasteiger partial charge is 0.177 e. The van der Waals surface area contributed by atoms with Crippen LogP contribution in [0.25, 0.3) is 0 Å². The van der Waals surface area contributed by atoms with Gasteiger partial charge in [-0.3, -0.25) is 0 Å². The van der Waals surface area contributed by atoms with E-state index in [2.05, 4.69) is 30.6 Å². The Kier molecular flexibility index (Phi) is 2.38. The molecule has 6 nitrogen and oxygen atoms in total. The van der Waals surface area contributed by atoms with Gasteiger partial charge in [-0.25, -0.2) is 15.0 Å². The number of hydrogen-bond donors (Lipinski definition) is 3. The predicted molar refractivity (Wildman–Crippen MR) is 58.4 cm³/mol. The first-order valence-electron chi connectivity index (χ1n) is 4.92. The SMILES string of the molecule is S=P(NN1CC1)(NN1CC1)NN1CC1. The minimum Gasteiger partial charge on any atom is -0.236 e. The molecule has 3 heterocycles. The lowest BCUT2D eigenvalue weighted by Crippen LogP contribution is -2.39. The van der Waals surface area contributed by atoms with Crippen LogP contribution in [0.2, 0.25) is 0 Å². The second-order valence-electron chi connectivity index (χ2n) is 3.87. The monoisotopic (exact) mass is 234 g/mol. The molecule has 0 amide bonds. The van der Waals surface area contributed by atoms with Crippen LogP contribution in [0.1, 0.15) is 0 Å². The van der Waals surface area contributed by atoms with Crippen LogP contribution >= 0.6 is 6.49 Å². The van der Waals surface area contributed by atoms with E-state index < -0.39 is 6.49 Å². The van der Waals surface area contributed by atoms with Crippen molar-refractivity contribution in [2.75, 3.05) is 39.3 Å². The molecule has 0 aromatic heterocycles. The van der Waals surface area contributed by atoms with Gasteiger partial charge in [-0.05, 0) is 11.8 Å². The van der Waals surface area contributed by atoms with Gasteiger partial charge in [0, 0.05) is 39.3 Å². The lowest BCUT2D eigenvalue weighted by Gasteiger charge is -2.26. The number of rotatable bonds is 6. The van der Waals surface area contributed by atoms with Crippen molar-refractivity contribution >= 4 is 18.3 Å². The van der Waals surface area contributed by atoms with Crippen molar-refractivity contribution in [3.63, 3.8) is 0 Å². The van der Waals surface area contributed by atoms with E-state index in [1.165, 1.54) is 0 Å². The van der Waals surface area contributed by atoms with Gasteiger partial charge in [-0.15, -0.1) is 0 Å². The molecule has 3 aliphatic rings. The minimum atomic E-state index is -1.84. The van der Waals surface area contributed by atoms with Crippen molar-refractivity contribution in [1.82, 2.24) is 30.6 Å². The average Bonchev–Trinajstić information content (AvgIpc) is 2.90. The van der Waals surface area contributed by atoms with Gasteiger partial charge in [0.05, 0.1) is 0 Å². The maximum atomic E-state index is 5.60. The molecule has 14 heavy (non-hydrogen) atoms. The molecule has 0 radical (unpaired) electrons. The molecule has 3 saturated heterocycles. The summed E-state index contributed by atoms with van der Waals surface area (Å²) in [6.07, 6.45) is 0. The highest BCUT2D eigenvalue weighted by Gasteiger charge is 2.34. The van der Waals surface area contributed by atoms with Crippen molar-refractivity contribution in [3.05, 3.63) is 0 Å². The van der Waals surface area contributed by atoms with E-state index in [1.54, 1.807) is 0 Å². The van der Waals surface area contributed by atoms with Crippen molar-refractivity contribution in [3.8, 4) is 0 Å². The Labute approximate surface area is 88.7 Å². The van der Waals surface area contributed by atoms with Gasteiger partial charge in [0.15, 0.2) is 6.49 Å². The van der Waals surface area contributed by atoms with Crippen LogP contribution in [0.3, 0.4) is 0 Å². The normalized spacial score (nSPS) is 28.0. The number of nitrogens with one attached hydrogen (secondary N) is 3. The van der Waals surface area contributed by atoms with Gasteiger partial charge in [0.2, 0.25) is 0 Å². The zero-order valence-corrected chi connectivity index (χ0v) is 9.65. The topological polar surface area (TPSA) is 45.1 Å². The van der Waals surface area contributed by atoms with Gasteiger partial charge in [0.1, 0.15) is 0 Å². The van der Waals surface area contributed by atoms with E-state index in [4.69, 9.17) is 11.8 Å². The van der Waals surface area contributed by atoms with Crippen LogP contribution in [0.5, 0.6) is 0 Å². The third-order valence-corrected chi connectivity index (χ3v) is 4.62. The molecular formula is C6H15N6PS. The summed E-state index contributed by atoms with van der Waals surface area (Å²) >= 11 is 5.60. The quantitative estimate of drug-likeness (QED) is 0.389. The maximum absolute atomic E-state index is 5.60. The van der Waals surface area contributed by atoms with Gasteiger partial charge in [-0.2, -0.15) is 15.6 Å². The summed E-state index contributed by atoms with van der Waals surface area (Å²) in [7, 11) is 0. The predicted octanol–water partition coefficient (Wildman–Crippen LogP) is -1.33. The Morgan fingerprint density at radius 1 is 0.714 bits per heavy atom. The summed E-state index contributed by atoms with van der Waals surface area (Å²) in [5, 5.41) is 16.5. The van der Waals surface area contributed by atoms with Crippen LogP contribution in [0.15, 0.2) is 0 Å². The molecule has 3 fully saturated rings. The number of hydrogen-bond acceptors (Lipinski definition) is 4. The summed E-state index contributed by atoms with van der Waals surface area (Å²) in [4.78, 5) is 0. The lowest BCUT2D eigenvalue weighted by atomic mass is 11.0. The van der Waals surface area contributed by atoms with Crippen LogP contribution in [0, 0.1) is 0 Å². The van der Waals surface area contributed by atoms with Crippen LogP contribution in [-0.4, -0.2) is 54.3 Å². The third-order valence-electron chi connectivity index (χ3n) is 2.19. The van der Waals surface area contributed by atoms with Crippen molar-refractivity contribution < 1.29 is 0 Å². The molecule has 8 heteroatoms. The maximum Gasteiger partial charge on any atom is 0.177 e.